The first-order chi connectivity index (χ1) is 15.1. The number of hydrogen-bond donors (Lipinski definition) is 0. The van der Waals surface area contributed by atoms with E-state index in [2.05, 4.69) is 29.2 Å². The minimum absolute atomic E-state index is 0.187. The standard InChI is InChI=1S/C25H28N4O2/c1-18-5-2-3-6-21(18)15-22(30)29-14-4-11-25(17-29,16-19-7-8-19)24-27-23(31-28-24)20-9-12-26-13-10-20/h2-3,5-6,9-10,12-13,19H,4,7-8,11,14-17H2,1H3. The van der Waals surface area contributed by atoms with Crippen LogP contribution < -0.4 is 0 Å². The molecule has 0 radical (unpaired) electrons. The first-order valence-electron chi connectivity index (χ1n) is 11.2. The van der Waals surface area contributed by atoms with Crippen LogP contribution in [0.25, 0.3) is 11.5 Å². The molecule has 3 heterocycles. The fourth-order valence-electron chi connectivity index (χ4n) is 4.79. The maximum absolute atomic E-state index is 13.2. The highest BCUT2D eigenvalue weighted by atomic mass is 16.5. The van der Waals surface area contributed by atoms with E-state index in [4.69, 9.17) is 9.51 Å². The summed E-state index contributed by atoms with van der Waals surface area (Å²) >= 11 is 0. The van der Waals surface area contributed by atoms with Crippen LogP contribution in [0, 0.1) is 12.8 Å². The van der Waals surface area contributed by atoms with E-state index < -0.39 is 0 Å². The largest absolute Gasteiger partial charge is 0.341 e. The summed E-state index contributed by atoms with van der Waals surface area (Å²) in [7, 11) is 0. The summed E-state index contributed by atoms with van der Waals surface area (Å²) in [6.07, 6.45) is 9.40. The summed E-state index contributed by atoms with van der Waals surface area (Å²) in [6, 6.07) is 11.9. The van der Waals surface area contributed by atoms with E-state index in [1.807, 2.05) is 29.2 Å². The van der Waals surface area contributed by atoms with Gasteiger partial charge < -0.3 is 9.42 Å². The molecule has 1 aromatic carbocycles. The van der Waals surface area contributed by atoms with E-state index in [0.717, 1.165) is 48.3 Å². The number of carbonyl (C=O) groups excluding carboxylic acids is 1. The van der Waals surface area contributed by atoms with Gasteiger partial charge in [-0.25, -0.2) is 0 Å². The van der Waals surface area contributed by atoms with Crippen molar-refractivity contribution in [3.63, 3.8) is 0 Å². The number of likely N-dealkylation sites (tertiary alicyclic amines) is 1. The zero-order valence-corrected chi connectivity index (χ0v) is 18.0. The summed E-state index contributed by atoms with van der Waals surface area (Å²) in [5, 5.41) is 4.42. The lowest BCUT2D eigenvalue weighted by Gasteiger charge is -2.41. The number of nitrogens with zero attached hydrogens (tertiary/aromatic N) is 4. The van der Waals surface area contributed by atoms with Crippen molar-refractivity contribution >= 4 is 5.91 Å². The fourth-order valence-corrected chi connectivity index (χ4v) is 4.79. The number of pyridine rings is 1. The number of benzene rings is 1. The van der Waals surface area contributed by atoms with Gasteiger partial charge in [-0.15, -0.1) is 0 Å². The van der Waals surface area contributed by atoms with E-state index >= 15 is 0 Å². The molecule has 160 valence electrons. The molecular weight excluding hydrogens is 388 g/mol. The summed E-state index contributed by atoms with van der Waals surface area (Å²) in [6.45, 7) is 3.53. The third-order valence-electron chi connectivity index (χ3n) is 6.74. The highest BCUT2D eigenvalue weighted by Gasteiger charge is 2.45. The average Bonchev–Trinajstić information content (AvgIpc) is 3.46. The van der Waals surface area contributed by atoms with Crippen molar-refractivity contribution in [3.8, 4) is 11.5 Å². The molecular formula is C25H28N4O2. The first kappa shape index (κ1) is 19.9. The van der Waals surface area contributed by atoms with Crippen molar-refractivity contribution in [2.45, 2.75) is 50.9 Å². The summed E-state index contributed by atoms with van der Waals surface area (Å²) in [5.41, 5.74) is 2.91. The van der Waals surface area contributed by atoms with E-state index in [-0.39, 0.29) is 11.3 Å². The molecule has 1 saturated carbocycles. The van der Waals surface area contributed by atoms with E-state index in [0.29, 0.717) is 24.8 Å². The lowest BCUT2D eigenvalue weighted by molar-refractivity contribution is -0.133. The molecule has 2 aliphatic rings. The summed E-state index contributed by atoms with van der Waals surface area (Å²) in [4.78, 5) is 24.1. The summed E-state index contributed by atoms with van der Waals surface area (Å²) < 4.78 is 5.65. The van der Waals surface area contributed by atoms with Crippen LogP contribution in [0.15, 0.2) is 53.3 Å². The van der Waals surface area contributed by atoms with Crippen molar-refractivity contribution in [1.82, 2.24) is 20.0 Å². The van der Waals surface area contributed by atoms with Crippen molar-refractivity contribution in [2.24, 2.45) is 5.92 Å². The second-order valence-corrected chi connectivity index (χ2v) is 9.11. The second-order valence-electron chi connectivity index (χ2n) is 9.11. The Kier molecular flexibility index (Phi) is 5.30. The lowest BCUT2D eigenvalue weighted by Crippen LogP contribution is -2.49. The molecule has 1 saturated heterocycles. The Bertz CT molecular complexity index is 1060. The molecule has 1 aliphatic heterocycles. The van der Waals surface area contributed by atoms with Crippen molar-refractivity contribution in [1.29, 1.82) is 0 Å². The van der Waals surface area contributed by atoms with Gasteiger partial charge in [0.25, 0.3) is 5.89 Å². The maximum atomic E-state index is 13.2. The molecule has 1 amide bonds. The Morgan fingerprint density at radius 2 is 2.00 bits per heavy atom. The minimum atomic E-state index is -0.227. The van der Waals surface area contributed by atoms with Gasteiger partial charge in [0.2, 0.25) is 5.91 Å². The van der Waals surface area contributed by atoms with Gasteiger partial charge in [-0.1, -0.05) is 42.3 Å². The predicted octanol–water partition coefficient (Wildman–Crippen LogP) is 4.34. The van der Waals surface area contributed by atoms with Gasteiger partial charge in [-0.3, -0.25) is 9.78 Å². The lowest BCUT2D eigenvalue weighted by atomic mass is 9.74. The molecule has 6 nitrogen and oxygen atoms in total. The van der Waals surface area contributed by atoms with Crippen LogP contribution in [0.3, 0.4) is 0 Å². The third-order valence-corrected chi connectivity index (χ3v) is 6.74. The fraction of sp³-hybridized carbons (Fsp3) is 0.440. The molecule has 31 heavy (non-hydrogen) atoms. The Morgan fingerprint density at radius 3 is 2.77 bits per heavy atom. The first-order valence-corrected chi connectivity index (χ1v) is 11.2. The van der Waals surface area contributed by atoms with Crippen LogP contribution in [0.1, 0.15) is 49.1 Å². The molecule has 2 aromatic heterocycles. The van der Waals surface area contributed by atoms with E-state index in [1.165, 1.54) is 12.8 Å². The number of amides is 1. The quantitative estimate of drug-likeness (QED) is 0.598. The van der Waals surface area contributed by atoms with Crippen LogP contribution in [0.2, 0.25) is 0 Å². The number of aromatic nitrogens is 3. The van der Waals surface area contributed by atoms with Gasteiger partial charge >= 0.3 is 0 Å². The molecule has 0 N–H and O–H groups in total. The zero-order chi connectivity index (χ0) is 21.3. The van der Waals surface area contributed by atoms with Gasteiger partial charge in [0, 0.05) is 31.0 Å². The highest BCUT2D eigenvalue weighted by Crippen LogP contribution is 2.46. The number of carbonyl (C=O) groups is 1. The SMILES string of the molecule is Cc1ccccc1CC(=O)N1CCCC(CC2CC2)(c2noc(-c3ccncc3)n2)C1. The van der Waals surface area contributed by atoms with Gasteiger partial charge in [-0.05, 0) is 55.4 Å². The number of hydrogen-bond acceptors (Lipinski definition) is 5. The number of rotatable bonds is 6. The van der Waals surface area contributed by atoms with Gasteiger partial charge in [0.05, 0.1) is 11.8 Å². The van der Waals surface area contributed by atoms with Crippen molar-refractivity contribution in [3.05, 3.63) is 65.7 Å². The van der Waals surface area contributed by atoms with Crippen LogP contribution in [0.5, 0.6) is 0 Å². The van der Waals surface area contributed by atoms with Crippen LogP contribution in [0.4, 0.5) is 0 Å². The number of aryl methyl sites for hydroxylation is 1. The van der Waals surface area contributed by atoms with Crippen molar-refractivity contribution in [2.75, 3.05) is 13.1 Å². The Hall–Kier alpha value is -3.02. The monoisotopic (exact) mass is 416 g/mol. The smallest absolute Gasteiger partial charge is 0.258 e. The topological polar surface area (TPSA) is 72.1 Å². The Balaban J connectivity index is 1.40. The Morgan fingerprint density at radius 1 is 1.19 bits per heavy atom. The van der Waals surface area contributed by atoms with Gasteiger partial charge in [0.1, 0.15) is 0 Å². The summed E-state index contributed by atoms with van der Waals surface area (Å²) in [5.74, 6) is 2.16. The molecule has 1 atom stereocenters. The Labute approximate surface area is 182 Å². The highest BCUT2D eigenvalue weighted by molar-refractivity contribution is 5.79. The molecule has 1 aliphatic carbocycles. The second kappa shape index (κ2) is 8.25. The zero-order valence-electron chi connectivity index (χ0n) is 18.0. The van der Waals surface area contributed by atoms with Crippen LogP contribution in [-0.4, -0.2) is 39.0 Å². The molecule has 2 fully saturated rings. The molecule has 0 bridgehead atoms. The molecule has 6 heteroatoms. The molecule has 5 rings (SSSR count). The predicted molar refractivity (Wildman–Crippen MR) is 117 cm³/mol. The normalized spacial score (nSPS) is 21.3. The van der Waals surface area contributed by atoms with Crippen molar-refractivity contribution < 1.29 is 9.32 Å². The third kappa shape index (κ3) is 4.24. The van der Waals surface area contributed by atoms with Gasteiger partial charge in [0.15, 0.2) is 5.82 Å². The molecule has 0 spiro atoms. The molecule has 3 aromatic rings. The van der Waals surface area contributed by atoms with Crippen LogP contribution in [-0.2, 0) is 16.6 Å². The average molecular weight is 417 g/mol. The van der Waals surface area contributed by atoms with E-state index in [9.17, 15) is 4.79 Å². The number of piperidine rings is 1. The van der Waals surface area contributed by atoms with Crippen LogP contribution >= 0.6 is 0 Å². The van der Waals surface area contributed by atoms with E-state index in [1.54, 1.807) is 12.4 Å². The van der Waals surface area contributed by atoms with Gasteiger partial charge in [-0.2, -0.15) is 4.98 Å². The molecule has 1 unspecified atom stereocenters. The maximum Gasteiger partial charge on any atom is 0.258 e. The minimum Gasteiger partial charge on any atom is -0.341 e.